The van der Waals surface area contributed by atoms with Gasteiger partial charge in [-0.3, -0.25) is 0 Å². The van der Waals surface area contributed by atoms with Gasteiger partial charge in [-0.1, -0.05) is 34.6 Å². The number of hydrogen-bond acceptors (Lipinski definition) is 2. The fourth-order valence-corrected chi connectivity index (χ4v) is 2.17. The van der Waals surface area contributed by atoms with E-state index < -0.39 is 0 Å². The average Bonchev–Trinajstić information content (AvgIpc) is 2.24. The summed E-state index contributed by atoms with van der Waals surface area (Å²) < 4.78 is 0. The topological polar surface area (TPSA) is 6.48 Å². The Labute approximate surface area is 108 Å². The highest BCUT2D eigenvalue weighted by atomic mass is 15.3. The predicted octanol–water partition coefficient (Wildman–Crippen LogP) is 3.09. The molecule has 2 nitrogen and oxygen atoms in total. The molecule has 0 bridgehead atoms. The van der Waals surface area contributed by atoms with Crippen LogP contribution in [0.4, 0.5) is 0 Å². The maximum Gasteiger partial charge on any atom is 0.0110 e. The third kappa shape index (κ3) is 7.05. The van der Waals surface area contributed by atoms with Crippen molar-refractivity contribution in [1.82, 2.24) is 9.80 Å². The van der Waals surface area contributed by atoms with Gasteiger partial charge in [0, 0.05) is 26.2 Å². The van der Waals surface area contributed by atoms with E-state index in [-0.39, 0.29) is 0 Å². The molecular formula is C15H32N2. The highest BCUT2D eigenvalue weighted by Crippen LogP contribution is 2.19. The van der Waals surface area contributed by atoms with E-state index in [9.17, 15) is 0 Å². The van der Waals surface area contributed by atoms with Gasteiger partial charge in [0.2, 0.25) is 0 Å². The minimum absolute atomic E-state index is 0.481. The molecule has 1 aliphatic heterocycles. The number of rotatable bonds is 5. The van der Waals surface area contributed by atoms with Crippen LogP contribution in [0, 0.1) is 11.3 Å². The molecule has 102 valence electrons. The number of hydrogen-bond donors (Lipinski definition) is 0. The second-order valence-electron chi connectivity index (χ2n) is 7.18. The minimum Gasteiger partial charge on any atom is -0.301 e. The quantitative estimate of drug-likeness (QED) is 0.728. The molecule has 0 radical (unpaired) electrons. The summed E-state index contributed by atoms with van der Waals surface area (Å²) in [6.45, 7) is 19.3. The Bertz CT molecular complexity index is 197. The largest absolute Gasteiger partial charge is 0.301 e. The van der Waals surface area contributed by atoms with Gasteiger partial charge < -0.3 is 9.80 Å². The standard InChI is InChI=1S/C15H32N2/c1-14(2)6-8-16-10-12-17(13-11-16)9-7-15(3,4)5/h14H,6-13H2,1-5H3. The van der Waals surface area contributed by atoms with Crippen LogP contribution < -0.4 is 0 Å². The highest BCUT2D eigenvalue weighted by Gasteiger charge is 2.18. The lowest BCUT2D eigenvalue weighted by Crippen LogP contribution is -2.47. The third-order valence-electron chi connectivity index (χ3n) is 3.67. The normalized spacial score (nSPS) is 20.1. The van der Waals surface area contributed by atoms with Gasteiger partial charge in [-0.2, -0.15) is 0 Å². The Balaban J connectivity index is 2.13. The van der Waals surface area contributed by atoms with Crippen LogP contribution in [-0.2, 0) is 0 Å². The maximum absolute atomic E-state index is 2.64. The molecule has 0 aromatic rings. The van der Waals surface area contributed by atoms with Gasteiger partial charge in [0.05, 0.1) is 0 Å². The molecule has 1 saturated heterocycles. The summed E-state index contributed by atoms with van der Waals surface area (Å²) in [6.07, 6.45) is 2.67. The first-order valence-corrected chi connectivity index (χ1v) is 7.31. The van der Waals surface area contributed by atoms with Crippen molar-refractivity contribution in [3.63, 3.8) is 0 Å². The lowest BCUT2D eigenvalue weighted by molar-refractivity contribution is 0.117. The van der Waals surface area contributed by atoms with Crippen LogP contribution in [0.15, 0.2) is 0 Å². The zero-order valence-corrected chi connectivity index (χ0v) is 12.6. The summed E-state index contributed by atoms with van der Waals surface area (Å²) in [7, 11) is 0. The Morgan fingerprint density at radius 2 is 1.35 bits per heavy atom. The van der Waals surface area contributed by atoms with E-state index in [4.69, 9.17) is 0 Å². The minimum atomic E-state index is 0.481. The molecule has 17 heavy (non-hydrogen) atoms. The first-order valence-electron chi connectivity index (χ1n) is 7.31. The van der Waals surface area contributed by atoms with Crippen LogP contribution >= 0.6 is 0 Å². The van der Waals surface area contributed by atoms with Crippen LogP contribution in [0.3, 0.4) is 0 Å². The van der Waals surface area contributed by atoms with Gasteiger partial charge in [0.15, 0.2) is 0 Å². The molecule has 1 rings (SSSR count). The van der Waals surface area contributed by atoms with Gasteiger partial charge in [0.25, 0.3) is 0 Å². The molecule has 0 saturated carbocycles. The Hall–Kier alpha value is -0.0800. The summed E-state index contributed by atoms with van der Waals surface area (Å²) >= 11 is 0. The molecule has 0 aliphatic carbocycles. The van der Waals surface area contributed by atoms with Crippen molar-refractivity contribution in [2.24, 2.45) is 11.3 Å². The lowest BCUT2D eigenvalue weighted by Gasteiger charge is -2.36. The van der Waals surface area contributed by atoms with Crippen molar-refractivity contribution >= 4 is 0 Å². The predicted molar refractivity (Wildman–Crippen MR) is 76.4 cm³/mol. The summed E-state index contributed by atoms with van der Waals surface area (Å²) in [4.78, 5) is 5.27. The van der Waals surface area contributed by atoms with Crippen molar-refractivity contribution < 1.29 is 0 Å². The second kappa shape index (κ2) is 6.75. The van der Waals surface area contributed by atoms with Crippen LogP contribution in [0.25, 0.3) is 0 Å². The maximum atomic E-state index is 2.64. The fourth-order valence-electron chi connectivity index (χ4n) is 2.17. The van der Waals surface area contributed by atoms with Gasteiger partial charge in [-0.25, -0.2) is 0 Å². The molecule has 0 aromatic heterocycles. The van der Waals surface area contributed by atoms with E-state index in [2.05, 4.69) is 44.4 Å². The van der Waals surface area contributed by atoms with E-state index in [0.717, 1.165) is 5.92 Å². The van der Waals surface area contributed by atoms with Gasteiger partial charge in [-0.15, -0.1) is 0 Å². The average molecular weight is 240 g/mol. The lowest BCUT2D eigenvalue weighted by atomic mass is 9.92. The zero-order valence-electron chi connectivity index (χ0n) is 12.6. The molecular weight excluding hydrogens is 208 g/mol. The Morgan fingerprint density at radius 1 is 0.882 bits per heavy atom. The summed E-state index contributed by atoms with van der Waals surface area (Å²) in [5.41, 5.74) is 0.481. The molecule has 2 heteroatoms. The van der Waals surface area contributed by atoms with Gasteiger partial charge in [-0.05, 0) is 37.3 Å². The molecule has 0 amide bonds. The smallest absolute Gasteiger partial charge is 0.0110 e. The van der Waals surface area contributed by atoms with E-state index in [1.807, 2.05) is 0 Å². The van der Waals surface area contributed by atoms with Gasteiger partial charge >= 0.3 is 0 Å². The van der Waals surface area contributed by atoms with E-state index in [0.29, 0.717) is 5.41 Å². The third-order valence-corrected chi connectivity index (χ3v) is 3.67. The van der Waals surface area contributed by atoms with E-state index >= 15 is 0 Å². The second-order valence-corrected chi connectivity index (χ2v) is 7.18. The Morgan fingerprint density at radius 3 is 1.76 bits per heavy atom. The molecule has 1 fully saturated rings. The first-order chi connectivity index (χ1) is 7.87. The van der Waals surface area contributed by atoms with E-state index in [1.165, 1.54) is 52.1 Å². The summed E-state index contributed by atoms with van der Waals surface area (Å²) in [5.74, 6) is 0.842. The molecule has 0 atom stereocenters. The fraction of sp³-hybridized carbons (Fsp3) is 1.00. The van der Waals surface area contributed by atoms with E-state index in [1.54, 1.807) is 0 Å². The van der Waals surface area contributed by atoms with Crippen LogP contribution in [0.5, 0.6) is 0 Å². The van der Waals surface area contributed by atoms with Crippen molar-refractivity contribution in [3.8, 4) is 0 Å². The molecule has 1 aliphatic rings. The molecule has 0 spiro atoms. The molecule has 0 aromatic carbocycles. The highest BCUT2D eigenvalue weighted by molar-refractivity contribution is 4.74. The van der Waals surface area contributed by atoms with Crippen molar-refractivity contribution in [1.29, 1.82) is 0 Å². The van der Waals surface area contributed by atoms with Crippen molar-refractivity contribution in [2.45, 2.75) is 47.5 Å². The monoisotopic (exact) mass is 240 g/mol. The Kier molecular flexibility index (Phi) is 5.94. The van der Waals surface area contributed by atoms with Crippen LogP contribution in [0.1, 0.15) is 47.5 Å². The van der Waals surface area contributed by atoms with Crippen molar-refractivity contribution in [2.75, 3.05) is 39.3 Å². The van der Waals surface area contributed by atoms with Crippen LogP contribution in [0.2, 0.25) is 0 Å². The summed E-state index contributed by atoms with van der Waals surface area (Å²) in [6, 6.07) is 0. The SMILES string of the molecule is CC(C)CCN1CCN(CCC(C)(C)C)CC1. The molecule has 1 heterocycles. The number of nitrogens with zero attached hydrogens (tertiary/aromatic N) is 2. The zero-order chi connectivity index (χ0) is 12.9. The molecule has 0 unspecified atom stereocenters. The van der Waals surface area contributed by atoms with Crippen molar-refractivity contribution in [3.05, 3.63) is 0 Å². The van der Waals surface area contributed by atoms with Gasteiger partial charge in [0.1, 0.15) is 0 Å². The number of piperazine rings is 1. The summed E-state index contributed by atoms with van der Waals surface area (Å²) in [5, 5.41) is 0. The van der Waals surface area contributed by atoms with Crippen LogP contribution in [-0.4, -0.2) is 49.1 Å². The molecule has 0 N–H and O–H groups in total. The first kappa shape index (κ1) is 15.0.